The van der Waals surface area contributed by atoms with Crippen molar-refractivity contribution in [1.82, 2.24) is 10.2 Å². The zero-order valence-corrected chi connectivity index (χ0v) is 18.4. The van der Waals surface area contributed by atoms with Crippen molar-refractivity contribution in [2.45, 2.75) is 50.3 Å². The lowest BCUT2D eigenvalue weighted by Gasteiger charge is -2.35. The predicted octanol–water partition coefficient (Wildman–Crippen LogP) is 3.65. The molecule has 1 aliphatic heterocycles. The Labute approximate surface area is 193 Å². The smallest absolute Gasteiger partial charge is 0.403 e. The maximum absolute atomic E-state index is 13.5. The highest BCUT2D eigenvalue weighted by Gasteiger charge is 2.40. The van der Waals surface area contributed by atoms with Crippen molar-refractivity contribution < 1.29 is 31.8 Å². The molecular weight excluding hydrogens is 468 g/mol. The third-order valence-corrected chi connectivity index (χ3v) is 5.75. The Bertz CT molecular complexity index is 883. The summed E-state index contributed by atoms with van der Waals surface area (Å²) in [6, 6.07) is 4.19. The van der Waals surface area contributed by atoms with Crippen LogP contribution in [0.15, 0.2) is 35.1 Å². The van der Waals surface area contributed by atoms with Gasteiger partial charge in [-0.05, 0) is 25.0 Å². The van der Waals surface area contributed by atoms with Gasteiger partial charge in [0.2, 0.25) is 5.91 Å². The number of hydrogen-bond acceptors (Lipinski definition) is 6. The molecule has 0 aromatic heterocycles. The third kappa shape index (κ3) is 7.86. The van der Waals surface area contributed by atoms with Gasteiger partial charge in [0.25, 0.3) is 0 Å². The minimum Gasteiger partial charge on any atom is -0.403 e. The van der Waals surface area contributed by atoms with Crippen molar-refractivity contribution in [1.29, 1.82) is 0 Å². The fraction of sp³-hybridized carbons (Fsp3) is 0.524. The Kier molecular flexibility index (Phi) is 8.55. The number of halogens is 5. The number of allylic oxidation sites excluding steroid dienone is 1. The van der Waals surface area contributed by atoms with Crippen molar-refractivity contribution in [3.63, 3.8) is 0 Å². The van der Waals surface area contributed by atoms with Crippen molar-refractivity contribution >= 4 is 29.4 Å². The number of nitrogens with one attached hydrogen (secondary N) is 1. The number of alkyl halides is 3. The van der Waals surface area contributed by atoms with Crippen molar-refractivity contribution in [2.24, 2.45) is 10.7 Å². The Morgan fingerprint density at radius 3 is 2.58 bits per heavy atom. The van der Waals surface area contributed by atoms with Crippen LogP contribution in [0.5, 0.6) is 0 Å². The first kappa shape index (κ1) is 25.3. The second-order valence-corrected chi connectivity index (χ2v) is 8.27. The summed E-state index contributed by atoms with van der Waals surface area (Å²) >= 11 is 5.67. The van der Waals surface area contributed by atoms with Gasteiger partial charge < -0.3 is 20.7 Å². The number of benzene rings is 1. The van der Waals surface area contributed by atoms with Gasteiger partial charge in [0.1, 0.15) is 12.4 Å². The first-order chi connectivity index (χ1) is 15.6. The molecule has 0 radical (unpaired) electrons. The molecule has 7 nitrogen and oxygen atoms in total. The summed E-state index contributed by atoms with van der Waals surface area (Å²) in [5, 5.41) is 2.90. The van der Waals surface area contributed by atoms with Gasteiger partial charge >= 0.3 is 6.36 Å². The Morgan fingerprint density at radius 2 is 1.97 bits per heavy atom. The summed E-state index contributed by atoms with van der Waals surface area (Å²) < 4.78 is 59.1. The van der Waals surface area contributed by atoms with Crippen LogP contribution in [0.25, 0.3) is 0 Å². The molecule has 33 heavy (non-hydrogen) atoms. The number of aliphatic imine (C=N–C) groups is 1. The molecular formula is C21H25ClF4N4O3. The van der Waals surface area contributed by atoms with Crippen LogP contribution in [-0.4, -0.2) is 61.3 Å². The monoisotopic (exact) mass is 492 g/mol. The molecule has 2 aliphatic rings. The number of nitrogens with zero attached hydrogens (tertiary/aromatic N) is 2. The number of nitrogens with two attached hydrogens (primary N) is 1. The van der Waals surface area contributed by atoms with E-state index >= 15 is 0 Å². The lowest BCUT2D eigenvalue weighted by atomic mass is 9.92. The number of likely N-dealkylation sites (tertiary alicyclic amines) is 1. The Morgan fingerprint density at radius 1 is 1.27 bits per heavy atom. The van der Waals surface area contributed by atoms with Crippen LogP contribution in [0.2, 0.25) is 5.02 Å². The molecule has 1 aromatic rings. The number of carbonyl (C=O) groups excluding carboxylic acids is 1. The number of piperidine rings is 1. The lowest BCUT2D eigenvalue weighted by molar-refractivity contribution is -0.357. The summed E-state index contributed by atoms with van der Waals surface area (Å²) in [6.07, 6.45) is -1.45. The van der Waals surface area contributed by atoms with E-state index in [0.717, 1.165) is 0 Å². The van der Waals surface area contributed by atoms with Gasteiger partial charge in [-0.25, -0.2) is 4.39 Å². The van der Waals surface area contributed by atoms with E-state index in [2.05, 4.69) is 15.0 Å². The van der Waals surface area contributed by atoms with Gasteiger partial charge in [-0.1, -0.05) is 11.6 Å². The maximum atomic E-state index is 13.5. The molecule has 1 heterocycles. The summed E-state index contributed by atoms with van der Waals surface area (Å²) in [7, 11) is 0. The summed E-state index contributed by atoms with van der Waals surface area (Å²) in [5.74, 6) is -0.869. The molecule has 12 heteroatoms. The van der Waals surface area contributed by atoms with E-state index < -0.39 is 24.4 Å². The molecule has 3 N–H and O–H groups in total. The number of hydrogen-bond donors (Lipinski definition) is 2. The molecule has 0 bridgehead atoms. The molecule has 1 amide bonds. The molecule has 2 fully saturated rings. The summed E-state index contributed by atoms with van der Waals surface area (Å²) in [6.45, 7) is 1.03. The summed E-state index contributed by atoms with van der Waals surface area (Å²) in [5.41, 5.74) is 6.79. The Hall–Kier alpha value is -2.37. The van der Waals surface area contributed by atoms with Gasteiger partial charge in [0.15, 0.2) is 0 Å². The van der Waals surface area contributed by atoms with E-state index in [1.807, 2.05) is 4.90 Å². The van der Waals surface area contributed by atoms with Gasteiger partial charge in [-0.2, -0.15) is 0 Å². The standard InChI is InChI=1S/C21H25ClF4N4O3/c22-18-2-1-14(7-19(18)23)28-11-15(10-27)30-5-3-13(4-6-30)29-20(31)12-32-16-8-17(9-16)33-21(24,25)26/h1-2,7,10-11,13,16-17H,3-6,8-9,12,27H2,(H,29,31). The first-order valence-electron chi connectivity index (χ1n) is 10.4. The zero-order valence-electron chi connectivity index (χ0n) is 17.7. The normalized spacial score (nSPS) is 22.5. The molecule has 1 saturated carbocycles. The number of amides is 1. The lowest BCUT2D eigenvalue weighted by Crippen LogP contribution is -2.47. The van der Waals surface area contributed by atoms with Gasteiger partial charge in [0.05, 0.1) is 34.8 Å². The zero-order chi connectivity index (χ0) is 24.0. The molecule has 3 rings (SSSR count). The van der Waals surface area contributed by atoms with E-state index in [9.17, 15) is 22.4 Å². The predicted molar refractivity (Wildman–Crippen MR) is 114 cm³/mol. The van der Waals surface area contributed by atoms with E-state index in [0.29, 0.717) is 37.3 Å². The molecule has 1 saturated heterocycles. The van der Waals surface area contributed by atoms with E-state index in [4.69, 9.17) is 22.1 Å². The second kappa shape index (κ2) is 11.2. The maximum Gasteiger partial charge on any atom is 0.522 e. The molecule has 0 spiro atoms. The molecule has 0 unspecified atom stereocenters. The molecule has 0 atom stereocenters. The third-order valence-electron chi connectivity index (χ3n) is 5.45. The molecule has 1 aromatic carbocycles. The highest BCUT2D eigenvalue weighted by Crippen LogP contribution is 2.32. The van der Waals surface area contributed by atoms with Crippen LogP contribution in [0.1, 0.15) is 25.7 Å². The molecule has 1 aliphatic carbocycles. The van der Waals surface area contributed by atoms with Gasteiger partial charge in [-0.15, -0.1) is 13.2 Å². The van der Waals surface area contributed by atoms with E-state index in [1.165, 1.54) is 18.3 Å². The average molecular weight is 493 g/mol. The minimum atomic E-state index is -4.65. The van der Waals surface area contributed by atoms with Crippen LogP contribution in [0.3, 0.4) is 0 Å². The van der Waals surface area contributed by atoms with Crippen molar-refractivity contribution in [3.05, 3.63) is 40.9 Å². The highest BCUT2D eigenvalue weighted by atomic mass is 35.5. The van der Waals surface area contributed by atoms with Crippen LogP contribution in [0, 0.1) is 5.82 Å². The van der Waals surface area contributed by atoms with Crippen molar-refractivity contribution in [2.75, 3.05) is 19.7 Å². The number of rotatable bonds is 8. The fourth-order valence-corrected chi connectivity index (χ4v) is 3.74. The largest absolute Gasteiger partial charge is 0.522 e. The van der Waals surface area contributed by atoms with Crippen LogP contribution >= 0.6 is 11.6 Å². The number of carbonyl (C=O) groups is 1. The summed E-state index contributed by atoms with van der Waals surface area (Å²) in [4.78, 5) is 18.3. The minimum absolute atomic E-state index is 0.0189. The Balaban J connectivity index is 1.36. The van der Waals surface area contributed by atoms with Crippen LogP contribution in [0.4, 0.5) is 23.2 Å². The van der Waals surface area contributed by atoms with E-state index in [-0.39, 0.29) is 36.4 Å². The second-order valence-electron chi connectivity index (χ2n) is 7.87. The fourth-order valence-electron chi connectivity index (χ4n) is 3.62. The van der Waals surface area contributed by atoms with Gasteiger partial charge in [-0.3, -0.25) is 14.5 Å². The van der Waals surface area contributed by atoms with Crippen LogP contribution < -0.4 is 11.1 Å². The average Bonchev–Trinajstić information content (AvgIpc) is 2.73. The quantitative estimate of drug-likeness (QED) is 0.427. The van der Waals surface area contributed by atoms with E-state index in [1.54, 1.807) is 12.3 Å². The van der Waals surface area contributed by atoms with Crippen LogP contribution in [-0.2, 0) is 14.3 Å². The van der Waals surface area contributed by atoms with Gasteiger partial charge in [0, 0.05) is 44.2 Å². The SMILES string of the molecule is NC=C(C=Nc1ccc(Cl)c(F)c1)N1CCC(NC(=O)COC2CC(OC(F)(F)F)C2)CC1. The topological polar surface area (TPSA) is 89.2 Å². The highest BCUT2D eigenvalue weighted by molar-refractivity contribution is 6.30. The van der Waals surface area contributed by atoms with Crippen molar-refractivity contribution in [3.8, 4) is 0 Å². The number of ether oxygens (including phenoxy) is 2. The first-order valence-corrected chi connectivity index (χ1v) is 10.8. The molecule has 182 valence electrons.